The predicted molar refractivity (Wildman–Crippen MR) is 99.9 cm³/mol. The van der Waals surface area contributed by atoms with Gasteiger partial charge in [0, 0.05) is 5.56 Å². The van der Waals surface area contributed by atoms with E-state index < -0.39 is 5.91 Å². The summed E-state index contributed by atoms with van der Waals surface area (Å²) in [4.78, 5) is 16.6. The zero-order chi connectivity index (χ0) is 19.4. The van der Waals surface area contributed by atoms with Crippen LogP contribution in [0.5, 0.6) is 11.5 Å². The molecule has 2 aromatic carbocycles. The van der Waals surface area contributed by atoms with Crippen LogP contribution >= 0.6 is 0 Å². The van der Waals surface area contributed by atoms with Crippen molar-refractivity contribution in [1.82, 2.24) is 15.5 Å². The highest BCUT2D eigenvalue weighted by atomic mass is 16.5. The van der Waals surface area contributed by atoms with Gasteiger partial charge >= 0.3 is 0 Å². The van der Waals surface area contributed by atoms with Crippen LogP contribution in [0.1, 0.15) is 34.7 Å². The van der Waals surface area contributed by atoms with E-state index in [4.69, 9.17) is 14.0 Å². The fourth-order valence-corrected chi connectivity index (χ4v) is 2.60. The van der Waals surface area contributed by atoms with Gasteiger partial charge in [-0.3, -0.25) is 4.79 Å². The Morgan fingerprint density at radius 1 is 1.07 bits per heavy atom. The molecule has 1 atom stereocenters. The van der Waals surface area contributed by atoms with E-state index >= 15 is 0 Å². The zero-order valence-corrected chi connectivity index (χ0v) is 15.6. The zero-order valence-electron chi connectivity index (χ0n) is 15.6. The first-order chi connectivity index (χ1) is 13.0. The summed E-state index contributed by atoms with van der Waals surface area (Å²) in [6, 6.07) is 12.8. The standard InChI is InChI=1S/C20H21N3O4/c1-12-5-7-14(8-6-12)20-22-18(23-27-20)19(24)21-13(2)15-9-10-16(25-3)17(11-15)26-4/h5-11,13H,1-4H3,(H,21,24)/t13-/m1/s1. The lowest BCUT2D eigenvalue weighted by molar-refractivity contribution is 0.0926. The number of carbonyl (C=O) groups is 1. The van der Waals surface area contributed by atoms with Crippen LogP contribution in [0.2, 0.25) is 0 Å². The van der Waals surface area contributed by atoms with Crippen LogP contribution < -0.4 is 14.8 Å². The van der Waals surface area contributed by atoms with Crippen LogP contribution in [-0.2, 0) is 0 Å². The smallest absolute Gasteiger partial charge is 0.293 e. The summed E-state index contributed by atoms with van der Waals surface area (Å²) in [6.45, 7) is 3.85. The van der Waals surface area contributed by atoms with E-state index in [1.165, 1.54) is 0 Å². The lowest BCUT2D eigenvalue weighted by Crippen LogP contribution is -2.27. The summed E-state index contributed by atoms with van der Waals surface area (Å²) in [5.74, 6) is 1.09. The van der Waals surface area contributed by atoms with Gasteiger partial charge in [0.2, 0.25) is 0 Å². The first-order valence-electron chi connectivity index (χ1n) is 8.45. The van der Waals surface area contributed by atoms with Crippen LogP contribution in [0.25, 0.3) is 11.5 Å². The van der Waals surface area contributed by atoms with Crippen molar-refractivity contribution in [2.24, 2.45) is 0 Å². The first-order valence-corrected chi connectivity index (χ1v) is 8.45. The largest absolute Gasteiger partial charge is 0.493 e. The Morgan fingerprint density at radius 2 is 1.78 bits per heavy atom. The summed E-state index contributed by atoms with van der Waals surface area (Å²) in [6.07, 6.45) is 0. The summed E-state index contributed by atoms with van der Waals surface area (Å²) < 4.78 is 15.7. The molecule has 0 saturated heterocycles. The topological polar surface area (TPSA) is 86.5 Å². The van der Waals surface area contributed by atoms with E-state index in [-0.39, 0.29) is 11.9 Å². The van der Waals surface area contributed by atoms with E-state index in [9.17, 15) is 4.79 Å². The van der Waals surface area contributed by atoms with Gasteiger partial charge in [0.15, 0.2) is 11.5 Å². The molecule has 27 heavy (non-hydrogen) atoms. The average Bonchev–Trinajstić information content (AvgIpc) is 3.18. The van der Waals surface area contributed by atoms with Gasteiger partial charge in [-0.15, -0.1) is 0 Å². The number of hydrogen-bond donors (Lipinski definition) is 1. The number of nitrogens with one attached hydrogen (secondary N) is 1. The lowest BCUT2D eigenvalue weighted by Gasteiger charge is -2.15. The number of rotatable bonds is 6. The molecular weight excluding hydrogens is 346 g/mol. The van der Waals surface area contributed by atoms with Crippen molar-refractivity contribution in [1.29, 1.82) is 0 Å². The van der Waals surface area contributed by atoms with Crippen molar-refractivity contribution in [2.75, 3.05) is 14.2 Å². The summed E-state index contributed by atoms with van der Waals surface area (Å²) in [5, 5.41) is 6.63. The number of amides is 1. The quantitative estimate of drug-likeness (QED) is 0.717. The second-order valence-electron chi connectivity index (χ2n) is 6.10. The van der Waals surface area contributed by atoms with Crippen molar-refractivity contribution in [3.8, 4) is 23.0 Å². The van der Waals surface area contributed by atoms with E-state index in [1.54, 1.807) is 20.3 Å². The summed E-state index contributed by atoms with van der Waals surface area (Å²) in [5.41, 5.74) is 2.75. The monoisotopic (exact) mass is 367 g/mol. The molecule has 3 aromatic rings. The molecule has 1 amide bonds. The normalized spacial score (nSPS) is 11.7. The van der Waals surface area contributed by atoms with Gasteiger partial charge in [-0.2, -0.15) is 4.98 Å². The van der Waals surface area contributed by atoms with Crippen molar-refractivity contribution >= 4 is 5.91 Å². The number of ether oxygens (including phenoxy) is 2. The van der Waals surface area contributed by atoms with Crippen LogP contribution in [-0.4, -0.2) is 30.3 Å². The van der Waals surface area contributed by atoms with Gasteiger partial charge in [-0.1, -0.05) is 28.9 Å². The molecule has 1 aromatic heterocycles. The number of carbonyl (C=O) groups excluding carboxylic acids is 1. The fraction of sp³-hybridized carbons (Fsp3) is 0.250. The number of aryl methyl sites for hydroxylation is 1. The number of aromatic nitrogens is 2. The second kappa shape index (κ2) is 7.90. The minimum Gasteiger partial charge on any atom is -0.493 e. The van der Waals surface area contributed by atoms with E-state index in [1.807, 2.05) is 50.2 Å². The molecule has 0 aliphatic carbocycles. The maximum atomic E-state index is 12.5. The molecule has 1 heterocycles. The third kappa shape index (κ3) is 4.08. The minimum atomic E-state index is -0.417. The molecule has 0 radical (unpaired) electrons. The van der Waals surface area contributed by atoms with Crippen LogP contribution in [0.15, 0.2) is 47.0 Å². The molecule has 0 aliphatic heterocycles. The summed E-state index contributed by atoms with van der Waals surface area (Å²) >= 11 is 0. The Balaban J connectivity index is 1.73. The fourth-order valence-electron chi connectivity index (χ4n) is 2.60. The van der Waals surface area contributed by atoms with Gasteiger partial charge in [0.25, 0.3) is 17.6 Å². The number of benzene rings is 2. The highest BCUT2D eigenvalue weighted by Gasteiger charge is 2.19. The van der Waals surface area contributed by atoms with Gasteiger partial charge < -0.3 is 19.3 Å². The van der Waals surface area contributed by atoms with Gasteiger partial charge in [-0.05, 0) is 43.7 Å². The molecule has 0 unspecified atom stereocenters. The molecule has 0 aliphatic rings. The van der Waals surface area contributed by atoms with E-state index in [0.717, 1.165) is 16.7 Å². The third-order valence-electron chi connectivity index (χ3n) is 4.18. The third-order valence-corrected chi connectivity index (χ3v) is 4.18. The van der Waals surface area contributed by atoms with Gasteiger partial charge in [0.1, 0.15) is 0 Å². The van der Waals surface area contributed by atoms with Gasteiger partial charge in [0.05, 0.1) is 20.3 Å². The summed E-state index contributed by atoms with van der Waals surface area (Å²) in [7, 11) is 3.14. The maximum Gasteiger partial charge on any atom is 0.293 e. The number of nitrogens with zero attached hydrogens (tertiary/aromatic N) is 2. The molecule has 7 nitrogen and oxygen atoms in total. The Morgan fingerprint density at radius 3 is 2.44 bits per heavy atom. The predicted octanol–water partition coefficient (Wildman–Crippen LogP) is 3.55. The molecule has 3 rings (SSSR count). The van der Waals surface area contributed by atoms with Crippen molar-refractivity contribution < 1.29 is 18.8 Å². The Kier molecular flexibility index (Phi) is 5.40. The maximum absolute atomic E-state index is 12.5. The van der Waals surface area contributed by atoms with Crippen molar-refractivity contribution in [2.45, 2.75) is 19.9 Å². The molecule has 0 fully saturated rings. The van der Waals surface area contributed by atoms with Crippen LogP contribution in [0.4, 0.5) is 0 Å². The Hall–Kier alpha value is -3.35. The van der Waals surface area contributed by atoms with E-state index in [0.29, 0.717) is 17.4 Å². The highest BCUT2D eigenvalue weighted by molar-refractivity contribution is 5.90. The Labute approximate surface area is 157 Å². The molecular formula is C20H21N3O4. The first kappa shape index (κ1) is 18.4. The molecule has 1 N–H and O–H groups in total. The Bertz CT molecular complexity index is 935. The van der Waals surface area contributed by atoms with Gasteiger partial charge in [-0.25, -0.2) is 0 Å². The molecule has 0 bridgehead atoms. The minimum absolute atomic E-state index is 0.0158. The van der Waals surface area contributed by atoms with Crippen LogP contribution in [0.3, 0.4) is 0 Å². The second-order valence-corrected chi connectivity index (χ2v) is 6.10. The number of hydrogen-bond acceptors (Lipinski definition) is 6. The average molecular weight is 367 g/mol. The highest BCUT2D eigenvalue weighted by Crippen LogP contribution is 2.30. The SMILES string of the molecule is COc1ccc([C@@H](C)NC(=O)c2noc(-c3ccc(C)cc3)n2)cc1OC. The number of methoxy groups -OCH3 is 2. The molecule has 140 valence electrons. The van der Waals surface area contributed by atoms with E-state index in [2.05, 4.69) is 15.5 Å². The lowest BCUT2D eigenvalue weighted by atomic mass is 10.1. The van der Waals surface area contributed by atoms with Crippen LogP contribution in [0, 0.1) is 6.92 Å². The molecule has 7 heteroatoms. The van der Waals surface area contributed by atoms with Crippen molar-refractivity contribution in [3.63, 3.8) is 0 Å². The molecule has 0 saturated carbocycles. The molecule has 0 spiro atoms. The van der Waals surface area contributed by atoms with Crippen molar-refractivity contribution in [3.05, 3.63) is 59.4 Å².